The first kappa shape index (κ1) is 12.6. The van der Waals surface area contributed by atoms with Crippen LogP contribution in [-0.4, -0.2) is 28.9 Å². The molecule has 0 radical (unpaired) electrons. The fourth-order valence-electron chi connectivity index (χ4n) is 2.75. The minimum atomic E-state index is -0.866. The lowest BCUT2D eigenvalue weighted by Crippen LogP contribution is -2.39. The van der Waals surface area contributed by atoms with E-state index in [9.17, 15) is 9.90 Å². The molecule has 0 bridgehead atoms. The van der Waals surface area contributed by atoms with Crippen molar-refractivity contribution in [1.82, 2.24) is 15.8 Å². The zero-order valence-corrected chi connectivity index (χ0v) is 10.3. The molecule has 2 rings (SSSR count). The molecule has 5 nitrogen and oxygen atoms in total. The van der Waals surface area contributed by atoms with Crippen molar-refractivity contribution >= 4 is 6.03 Å². The first-order valence-corrected chi connectivity index (χ1v) is 6.77. The molecule has 1 saturated heterocycles. The SMILES string of the molecule is O=C1NNC(O)N1CC1CCCCCCCC1. The predicted octanol–water partition coefficient (Wildman–Crippen LogP) is 1.54. The minimum absolute atomic E-state index is 0.211. The third kappa shape index (κ3) is 3.57. The van der Waals surface area contributed by atoms with Gasteiger partial charge in [0.2, 0.25) is 6.35 Å². The van der Waals surface area contributed by atoms with E-state index in [-0.39, 0.29) is 6.03 Å². The molecule has 1 heterocycles. The molecule has 1 atom stereocenters. The summed E-state index contributed by atoms with van der Waals surface area (Å²) < 4.78 is 0. The van der Waals surface area contributed by atoms with Crippen molar-refractivity contribution < 1.29 is 9.90 Å². The van der Waals surface area contributed by atoms with Crippen LogP contribution in [0.2, 0.25) is 0 Å². The molecule has 2 fully saturated rings. The number of hydrogen-bond donors (Lipinski definition) is 3. The molecule has 1 aliphatic heterocycles. The Labute approximate surface area is 103 Å². The van der Waals surface area contributed by atoms with Crippen molar-refractivity contribution in [2.24, 2.45) is 5.92 Å². The topological polar surface area (TPSA) is 64.6 Å². The van der Waals surface area contributed by atoms with Crippen molar-refractivity contribution in [2.75, 3.05) is 6.54 Å². The third-order valence-electron chi connectivity index (χ3n) is 3.79. The number of nitrogens with zero attached hydrogens (tertiary/aromatic N) is 1. The summed E-state index contributed by atoms with van der Waals surface area (Å²) in [5.41, 5.74) is 4.97. The Balaban J connectivity index is 1.84. The van der Waals surface area contributed by atoms with Crippen LogP contribution in [0.25, 0.3) is 0 Å². The molecule has 1 saturated carbocycles. The van der Waals surface area contributed by atoms with Gasteiger partial charge < -0.3 is 5.11 Å². The number of hydrogen-bond acceptors (Lipinski definition) is 3. The molecule has 0 spiro atoms. The van der Waals surface area contributed by atoms with Crippen LogP contribution in [0.1, 0.15) is 51.4 Å². The van der Waals surface area contributed by atoms with Crippen LogP contribution in [0, 0.1) is 5.92 Å². The number of rotatable bonds is 2. The smallest absolute Gasteiger partial charge is 0.334 e. The van der Waals surface area contributed by atoms with Gasteiger partial charge in [-0.3, -0.25) is 10.3 Å². The molecule has 17 heavy (non-hydrogen) atoms. The summed E-state index contributed by atoms with van der Waals surface area (Å²) in [5.74, 6) is 0.536. The summed E-state index contributed by atoms with van der Waals surface area (Å²) in [5, 5.41) is 9.60. The normalized spacial score (nSPS) is 28.4. The molecule has 2 amide bonds. The average molecular weight is 241 g/mol. The van der Waals surface area contributed by atoms with E-state index < -0.39 is 6.35 Å². The van der Waals surface area contributed by atoms with Crippen molar-refractivity contribution in [2.45, 2.75) is 57.7 Å². The van der Waals surface area contributed by atoms with Crippen LogP contribution < -0.4 is 10.9 Å². The Morgan fingerprint density at radius 3 is 2.24 bits per heavy atom. The summed E-state index contributed by atoms with van der Waals surface area (Å²) in [7, 11) is 0. The molecule has 0 aromatic carbocycles. The van der Waals surface area contributed by atoms with Gasteiger partial charge in [-0.25, -0.2) is 4.79 Å². The summed E-state index contributed by atoms with van der Waals surface area (Å²) in [6.07, 6.45) is 9.31. The van der Waals surface area contributed by atoms with Crippen molar-refractivity contribution in [3.05, 3.63) is 0 Å². The molecule has 3 N–H and O–H groups in total. The Morgan fingerprint density at radius 1 is 1.12 bits per heavy atom. The number of carbonyl (C=O) groups excluding carboxylic acids is 1. The Morgan fingerprint density at radius 2 is 1.71 bits per heavy atom. The van der Waals surface area contributed by atoms with Gasteiger partial charge in [0.25, 0.3) is 0 Å². The Kier molecular flexibility index (Phi) is 4.62. The highest BCUT2D eigenvalue weighted by Gasteiger charge is 2.30. The number of urea groups is 1. The van der Waals surface area contributed by atoms with Crippen molar-refractivity contribution in [1.29, 1.82) is 0 Å². The zero-order valence-electron chi connectivity index (χ0n) is 10.3. The van der Waals surface area contributed by atoms with E-state index in [1.807, 2.05) is 0 Å². The standard InChI is InChI=1S/C12H23N3O2/c16-11-13-14-12(17)15(11)9-10-7-5-3-1-2-4-6-8-10/h10-11,13,16H,1-9H2,(H,14,17). The lowest BCUT2D eigenvalue weighted by molar-refractivity contribution is 0.0256. The van der Waals surface area contributed by atoms with Crippen LogP contribution in [0.15, 0.2) is 0 Å². The molecule has 0 aromatic rings. The monoisotopic (exact) mass is 241 g/mol. The Bertz CT molecular complexity index is 250. The van der Waals surface area contributed by atoms with Gasteiger partial charge >= 0.3 is 6.03 Å². The van der Waals surface area contributed by atoms with Gasteiger partial charge in [-0.05, 0) is 18.8 Å². The van der Waals surface area contributed by atoms with Crippen LogP contribution in [0.3, 0.4) is 0 Å². The van der Waals surface area contributed by atoms with E-state index in [1.165, 1.54) is 56.3 Å². The van der Waals surface area contributed by atoms with Crippen LogP contribution in [0.4, 0.5) is 4.79 Å². The molecule has 5 heteroatoms. The van der Waals surface area contributed by atoms with Gasteiger partial charge in [0.15, 0.2) is 0 Å². The van der Waals surface area contributed by atoms with Gasteiger partial charge in [-0.2, -0.15) is 5.43 Å². The summed E-state index contributed by atoms with van der Waals surface area (Å²) >= 11 is 0. The second-order valence-corrected chi connectivity index (χ2v) is 5.17. The van der Waals surface area contributed by atoms with Crippen LogP contribution in [0.5, 0.6) is 0 Å². The number of carbonyl (C=O) groups is 1. The molecule has 98 valence electrons. The Hall–Kier alpha value is -0.810. The quantitative estimate of drug-likeness (QED) is 0.687. The van der Waals surface area contributed by atoms with E-state index in [4.69, 9.17) is 0 Å². The number of aliphatic hydroxyl groups is 1. The minimum Gasteiger partial charge on any atom is -0.360 e. The predicted molar refractivity (Wildman–Crippen MR) is 64.8 cm³/mol. The molecular formula is C12H23N3O2. The maximum atomic E-state index is 11.5. The number of hydrazine groups is 1. The lowest BCUT2D eigenvalue weighted by Gasteiger charge is -2.24. The van der Waals surface area contributed by atoms with E-state index >= 15 is 0 Å². The second kappa shape index (κ2) is 6.21. The maximum absolute atomic E-state index is 11.5. The summed E-state index contributed by atoms with van der Waals surface area (Å²) in [6, 6.07) is -0.211. The van der Waals surface area contributed by atoms with Crippen LogP contribution >= 0.6 is 0 Å². The maximum Gasteiger partial charge on any atom is 0.334 e. The third-order valence-corrected chi connectivity index (χ3v) is 3.79. The number of aliphatic hydroxyl groups excluding tert-OH is 1. The first-order chi connectivity index (χ1) is 8.27. The average Bonchev–Trinajstić information content (AvgIpc) is 2.69. The van der Waals surface area contributed by atoms with E-state index in [2.05, 4.69) is 10.9 Å². The van der Waals surface area contributed by atoms with Gasteiger partial charge in [-0.1, -0.05) is 38.5 Å². The molecule has 0 aromatic heterocycles. The highest BCUT2D eigenvalue weighted by atomic mass is 16.3. The summed E-state index contributed by atoms with van der Waals surface area (Å²) in [6.45, 7) is 0.667. The van der Waals surface area contributed by atoms with E-state index in [1.54, 1.807) is 0 Å². The zero-order chi connectivity index (χ0) is 12.1. The van der Waals surface area contributed by atoms with Crippen molar-refractivity contribution in [3.63, 3.8) is 0 Å². The molecule has 1 unspecified atom stereocenters. The van der Waals surface area contributed by atoms with Gasteiger partial charge in [0.05, 0.1) is 0 Å². The second-order valence-electron chi connectivity index (χ2n) is 5.17. The molecule has 2 aliphatic rings. The number of amides is 2. The van der Waals surface area contributed by atoms with E-state index in [0.717, 1.165) is 0 Å². The van der Waals surface area contributed by atoms with Gasteiger partial charge in [0, 0.05) is 6.54 Å². The van der Waals surface area contributed by atoms with Crippen LogP contribution in [-0.2, 0) is 0 Å². The lowest BCUT2D eigenvalue weighted by atomic mass is 9.96. The highest BCUT2D eigenvalue weighted by Crippen LogP contribution is 2.23. The number of nitrogens with one attached hydrogen (secondary N) is 2. The fraction of sp³-hybridized carbons (Fsp3) is 0.917. The van der Waals surface area contributed by atoms with E-state index in [0.29, 0.717) is 12.5 Å². The largest absolute Gasteiger partial charge is 0.360 e. The van der Waals surface area contributed by atoms with Gasteiger partial charge in [0.1, 0.15) is 0 Å². The molecular weight excluding hydrogens is 218 g/mol. The van der Waals surface area contributed by atoms with Crippen molar-refractivity contribution in [3.8, 4) is 0 Å². The summed E-state index contributed by atoms with van der Waals surface area (Å²) in [4.78, 5) is 13.0. The molecule has 1 aliphatic carbocycles. The first-order valence-electron chi connectivity index (χ1n) is 6.77. The highest BCUT2D eigenvalue weighted by molar-refractivity contribution is 5.75. The van der Waals surface area contributed by atoms with Gasteiger partial charge in [-0.15, -0.1) is 0 Å². The fourth-order valence-corrected chi connectivity index (χ4v) is 2.75.